The van der Waals surface area contributed by atoms with E-state index in [0.717, 1.165) is 45.6 Å². The SMILES string of the molecule is CC(C)CN(CC(C)C)C(=O)CN1CCC(CN)CC1.Cl. The molecule has 0 unspecified atom stereocenters. The molecule has 1 amide bonds. The molecule has 0 saturated carbocycles. The quantitative estimate of drug-likeness (QED) is 0.783. The van der Waals surface area contributed by atoms with Crippen LogP contribution in [0.3, 0.4) is 0 Å². The summed E-state index contributed by atoms with van der Waals surface area (Å²) in [6.07, 6.45) is 2.27. The van der Waals surface area contributed by atoms with Gasteiger partial charge < -0.3 is 10.6 Å². The van der Waals surface area contributed by atoms with Crippen LogP contribution in [0.15, 0.2) is 0 Å². The van der Waals surface area contributed by atoms with Crippen molar-refractivity contribution in [3.63, 3.8) is 0 Å². The Morgan fingerprint density at radius 1 is 1.14 bits per heavy atom. The van der Waals surface area contributed by atoms with E-state index in [1.54, 1.807) is 0 Å². The number of halogens is 1. The molecule has 1 aliphatic rings. The minimum absolute atomic E-state index is 0. The lowest BCUT2D eigenvalue weighted by Crippen LogP contribution is -2.46. The number of carbonyl (C=O) groups is 1. The Hall–Kier alpha value is -0.320. The lowest BCUT2D eigenvalue weighted by molar-refractivity contribution is -0.133. The topological polar surface area (TPSA) is 49.6 Å². The van der Waals surface area contributed by atoms with Crippen molar-refractivity contribution in [3.8, 4) is 0 Å². The molecule has 0 aromatic carbocycles. The smallest absolute Gasteiger partial charge is 0.236 e. The van der Waals surface area contributed by atoms with Crippen LogP contribution in [0.4, 0.5) is 0 Å². The average molecular weight is 320 g/mol. The van der Waals surface area contributed by atoms with Crippen molar-refractivity contribution in [3.05, 3.63) is 0 Å². The molecule has 5 heteroatoms. The van der Waals surface area contributed by atoms with Gasteiger partial charge in [0.1, 0.15) is 0 Å². The molecule has 1 rings (SSSR count). The zero-order valence-electron chi connectivity index (χ0n) is 14.2. The van der Waals surface area contributed by atoms with E-state index >= 15 is 0 Å². The van der Waals surface area contributed by atoms with Crippen molar-refractivity contribution >= 4 is 18.3 Å². The number of rotatable bonds is 7. The molecule has 2 N–H and O–H groups in total. The third-order valence-electron chi connectivity index (χ3n) is 3.92. The molecular weight excluding hydrogens is 286 g/mol. The number of nitrogens with zero attached hydrogens (tertiary/aromatic N) is 2. The normalized spacial score (nSPS) is 17.1. The third-order valence-corrected chi connectivity index (χ3v) is 3.92. The Balaban J connectivity index is 0.00000400. The molecule has 0 radical (unpaired) electrons. The van der Waals surface area contributed by atoms with Gasteiger partial charge in [0.15, 0.2) is 0 Å². The number of hydrogen-bond donors (Lipinski definition) is 1. The van der Waals surface area contributed by atoms with Crippen molar-refractivity contribution in [2.75, 3.05) is 39.3 Å². The van der Waals surface area contributed by atoms with Gasteiger partial charge in [0.05, 0.1) is 6.54 Å². The number of amides is 1. The lowest BCUT2D eigenvalue weighted by Gasteiger charge is -2.33. The molecule has 0 aromatic rings. The molecule has 4 nitrogen and oxygen atoms in total. The van der Waals surface area contributed by atoms with Gasteiger partial charge in [-0.1, -0.05) is 27.7 Å². The first-order valence-corrected chi connectivity index (χ1v) is 8.12. The zero-order valence-corrected chi connectivity index (χ0v) is 15.0. The number of nitrogens with two attached hydrogens (primary N) is 1. The van der Waals surface area contributed by atoms with E-state index in [1.165, 1.54) is 0 Å². The van der Waals surface area contributed by atoms with Gasteiger partial charge in [-0.05, 0) is 50.2 Å². The minimum atomic E-state index is 0. The van der Waals surface area contributed by atoms with E-state index in [4.69, 9.17) is 5.73 Å². The Kier molecular flexibility index (Phi) is 10.3. The monoisotopic (exact) mass is 319 g/mol. The Morgan fingerprint density at radius 2 is 1.62 bits per heavy atom. The highest BCUT2D eigenvalue weighted by molar-refractivity contribution is 5.85. The van der Waals surface area contributed by atoms with Gasteiger partial charge in [0.25, 0.3) is 0 Å². The molecule has 1 saturated heterocycles. The second kappa shape index (κ2) is 10.4. The van der Waals surface area contributed by atoms with Crippen molar-refractivity contribution in [1.29, 1.82) is 0 Å². The maximum absolute atomic E-state index is 12.5. The van der Waals surface area contributed by atoms with Gasteiger partial charge in [-0.25, -0.2) is 0 Å². The molecule has 126 valence electrons. The summed E-state index contributed by atoms with van der Waals surface area (Å²) in [7, 11) is 0. The molecule has 1 aliphatic heterocycles. The van der Waals surface area contributed by atoms with Crippen LogP contribution in [0.5, 0.6) is 0 Å². The van der Waals surface area contributed by atoms with Crippen molar-refractivity contribution in [1.82, 2.24) is 9.80 Å². The second-order valence-electron chi connectivity index (χ2n) is 7.04. The summed E-state index contributed by atoms with van der Waals surface area (Å²) < 4.78 is 0. The highest BCUT2D eigenvalue weighted by Crippen LogP contribution is 2.16. The van der Waals surface area contributed by atoms with Crippen LogP contribution >= 0.6 is 12.4 Å². The Morgan fingerprint density at radius 3 is 2.00 bits per heavy atom. The van der Waals surface area contributed by atoms with E-state index in [-0.39, 0.29) is 12.4 Å². The second-order valence-corrected chi connectivity index (χ2v) is 7.04. The van der Waals surface area contributed by atoms with Crippen LogP contribution in [0, 0.1) is 17.8 Å². The largest absolute Gasteiger partial charge is 0.341 e. The van der Waals surface area contributed by atoms with Crippen LogP contribution in [0.1, 0.15) is 40.5 Å². The number of piperidine rings is 1. The van der Waals surface area contributed by atoms with Crippen molar-refractivity contribution in [2.45, 2.75) is 40.5 Å². The van der Waals surface area contributed by atoms with Gasteiger partial charge in [0, 0.05) is 13.1 Å². The van der Waals surface area contributed by atoms with Crippen molar-refractivity contribution < 1.29 is 4.79 Å². The van der Waals surface area contributed by atoms with Gasteiger partial charge in [-0.2, -0.15) is 0 Å². The van der Waals surface area contributed by atoms with E-state index in [1.807, 2.05) is 4.90 Å². The van der Waals surface area contributed by atoms with Crippen LogP contribution < -0.4 is 5.73 Å². The molecule has 0 bridgehead atoms. The predicted octanol–water partition coefficient (Wildman–Crippen LogP) is 2.22. The summed E-state index contributed by atoms with van der Waals surface area (Å²) in [5, 5.41) is 0. The van der Waals surface area contributed by atoms with Gasteiger partial charge in [-0.15, -0.1) is 12.4 Å². The molecule has 0 aliphatic carbocycles. The lowest BCUT2D eigenvalue weighted by atomic mass is 9.97. The molecular formula is C16H34ClN3O. The molecule has 0 aromatic heterocycles. The zero-order chi connectivity index (χ0) is 15.1. The summed E-state index contributed by atoms with van der Waals surface area (Å²) in [4.78, 5) is 16.8. The van der Waals surface area contributed by atoms with E-state index < -0.39 is 0 Å². The molecule has 21 heavy (non-hydrogen) atoms. The number of likely N-dealkylation sites (tertiary alicyclic amines) is 1. The van der Waals surface area contributed by atoms with Crippen molar-refractivity contribution in [2.24, 2.45) is 23.5 Å². The summed E-state index contributed by atoms with van der Waals surface area (Å²) in [6.45, 7) is 13.8. The molecule has 1 heterocycles. The number of carbonyl (C=O) groups excluding carboxylic acids is 1. The van der Waals surface area contributed by atoms with Gasteiger partial charge >= 0.3 is 0 Å². The van der Waals surface area contributed by atoms with Crippen LogP contribution in [-0.4, -0.2) is 55.0 Å². The predicted molar refractivity (Wildman–Crippen MR) is 91.7 cm³/mol. The standard InChI is InChI=1S/C16H33N3O.ClH/c1-13(2)10-19(11-14(3)4)16(20)12-18-7-5-15(9-17)6-8-18;/h13-15H,5-12,17H2,1-4H3;1H. The highest BCUT2D eigenvalue weighted by atomic mass is 35.5. The van der Waals surface area contributed by atoms with Crippen LogP contribution in [-0.2, 0) is 4.79 Å². The summed E-state index contributed by atoms with van der Waals surface area (Å²) in [5.74, 6) is 2.00. The molecule has 0 spiro atoms. The van der Waals surface area contributed by atoms with E-state index in [0.29, 0.717) is 30.2 Å². The maximum atomic E-state index is 12.5. The Bertz CT molecular complexity index is 279. The molecule has 1 fully saturated rings. The fourth-order valence-electron chi connectivity index (χ4n) is 2.83. The minimum Gasteiger partial charge on any atom is -0.341 e. The van der Waals surface area contributed by atoms with Crippen LogP contribution in [0.2, 0.25) is 0 Å². The summed E-state index contributed by atoms with van der Waals surface area (Å²) in [6, 6.07) is 0. The first-order valence-electron chi connectivity index (χ1n) is 8.12. The average Bonchev–Trinajstić information content (AvgIpc) is 2.37. The maximum Gasteiger partial charge on any atom is 0.236 e. The highest BCUT2D eigenvalue weighted by Gasteiger charge is 2.23. The van der Waals surface area contributed by atoms with E-state index in [9.17, 15) is 4.79 Å². The first-order chi connectivity index (χ1) is 9.42. The summed E-state index contributed by atoms with van der Waals surface area (Å²) >= 11 is 0. The third kappa shape index (κ3) is 8.03. The fourth-order valence-corrected chi connectivity index (χ4v) is 2.83. The number of hydrogen-bond acceptors (Lipinski definition) is 3. The van der Waals surface area contributed by atoms with E-state index in [2.05, 4.69) is 32.6 Å². The molecule has 0 atom stereocenters. The first kappa shape index (κ1) is 20.7. The van der Waals surface area contributed by atoms with Crippen LogP contribution in [0.25, 0.3) is 0 Å². The van der Waals surface area contributed by atoms with Gasteiger partial charge in [-0.3, -0.25) is 9.69 Å². The fraction of sp³-hybridized carbons (Fsp3) is 0.938. The Labute approximate surface area is 136 Å². The summed E-state index contributed by atoms with van der Waals surface area (Å²) in [5.41, 5.74) is 5.71. The van der Waals surface area contributed by atoms with Gasteiger partial charge in [0.2, 0.25) is 5.91 Å².